The fraction of sp³-hybridized carbons (Fsp3) is 0.593. The van der Waals surface area contributed by atoms with Gasteiger partial charge in [0.25, 0.3) is 0 Å². The number of aromatic nitrogens is 1. The third-order valence-electron chi connectivity index (χ3n) is 5.31. The smallest absolute Gasteiger partial charge is 0.223 e. The first-order chi connectivity index (χ1) is 15.6. The zero-order chi connectivity index (χ0) is 24.9. The molecule has 0 bridgehead atoms. The molecule has 1 saturated heterocycles. The monoisotopic (exact) mass is 473 g/mol. The lowest BCUT2D eigenvalue weighted by atomic mass is 9.92. The van der Waals surface area contributed by atoms with E-state index < -0.39 is 0 Å². The summed E-state index contributed by atoms with van der Waals surface area (Å²) in [7, 11) is 0. The molecule has 184 valence electrons. The first kappa shape index (κ1) is 28.8. The molecule has 3 rings (SSSR count). The van der Waals surface area contributed by atoms with Crippen LogP contribution in [0.4, 0.5) is 0 Å². The van der Waals surface area contributed by atoms with Crippen molar-refractivity contribution in [3.63, 3.8) is 0 Å². The van der Waals surface area contributed by atoms with E-state index in [1.54, 1.807) is 11.3 Å². The molecule has 1 N–H and O–H groups in total. The van der Waals surface area contributed by atoms with Gasteiger partial charge in [-0.2, -0.15) is 0 Å². The number of unbranched alkanes of at least 4 members (excludes halogenated alkanes) is 1. The SMILES string of the molecule is CCCC.C[C@@H]1CCN(C(=O)CC(C)(C)C)C1.Cc1ncsc1-c1ccc(CNC=O)cc1. The Kier molecular flexibility index (Phi) is 13.0. The zero-order valence-electron chi connectivity index (χ0n) is 21.6. The van der Waals surface area contributed by atoms with Crippen LogP contribution in [0.3, 0.4) is 0 Å². The van der Waals surface area contributed by atoms with Gasteiger partial charge in [0.05, 0.1) is 16.1 Å². The molecule has 1 fully saturated rings. The van der Waals surface area contributed by atoms with Crippen molar-refractivity contribution < 1.29 is 9.59 Å². The van der Waals surface area contributed by atoms with E-state index in [0.717, 1.165) is 24.3 Å². The van der Waals surface area contributed by atoms with Crippen molar-refractivity contribution in [2.45, 2.75) is 80.7 Å². The van der Waals surface area contributed by atoms with Crippen molar-refractivity contribution in [3.05, 3.63) is 41.0 Å². The standard InChI is InChI=1S/C12H12N2OS.C11H21NO.C4H10/c1-9-12(16-8-14-9)11-4-2-10(3-5-11)6-13-7-15;1-9-5-6-12(8-9)10(13)7-11(2,3)4;1-3-4-2/h2-5,7-8H,6H2,1H3,(H,13,15);9H,5-8H2,1-4H3;3-4H2,1-2H3/t;9-;/m.1./s1. The minimum atomic E-state index is 0.128. The summed E-state index contributed by atoms with van der Waals surface area (Å²) in [5.74, 6) is 1.03. The Morgan fingerprint density at radius 3 is 2.27 bits per heavy atom. The van der Waals surface area contributed by atoms with Crippen molar-refractivity contribution in [3.8, 4) is 10.4 Å². The molecule has 1 aromatic carbocycles. The number of benzene rings is 1. The molecule has 0 saturated carbocycles. The number of nitrogens with one attached hydrogen (secondary N) is 1. The normalized spacial score (nSPS) is 15.1. The van der Waals surface area contributed by atoms with Crippen molar-refractivity contribution in [2.24, 2.45) is 11.3 Å². The highest BCUT2D eigenvalue weighted by atomic mass is 32.1. The Balaban J connectivity index is 0.000000289. The maximum Gasteiger partial charge on any atom is 0.223 e. The van der Waals surface area contributed by atoms with E-state index in [-0.39, 0.29) is 5.41 Å². The van der Waals surface area contributed by atoms with E-state index in [1.165, 1.54) is 29.7 Å². The minimum absolute atomic E-state index is 0.128. The predicted octanol–water partition coefficient (Wildman–Crippen LogP) is 6.46. The maximum atomic E-state index is 11.7. The van der Waals surface area contributed by atoms with E-state index in [1.807, 2.05) is 29.5 Å². The molecule has 1 aliphatic heterocycles. The first-order valence-electron chi connectivity index (χ1n) is 12.0. The van der Waals surface area contributed by atoms with Gasteiger partial charge in [-0.05, 0) is 35.8 Å². The molecule has 2 amide bonds. The highest BCUT2D eigenvalue weighted by molar-refractivity contribution is 7.13. The number of rotatable bonds is 6. The van der Waals surface area contributed by atoms with Gasteiger partial charge in [0.2, 0.25) is 12.3 Å². The van der Waals surface area contributed by atoms with Crippen molar-refractivity contribution >= 4 is 23.7 Å². The number of carbonyl (C=O) groups is 2. The lowest BCUT2D eigenvalue weighted by Gasteiger charge is -2.22. The Morgan fingerprint density at radius 1 is 1.21 bits per heavy atom. The van der Waals surface area contributed by atoms with Crippen molar-refractivity contribution in [2.75, 3.05) is 13.1 Å². The predicted molar refractivity (Wildman–Crippen MR) is 140 cm³/mol. The van der Waals surface area contributed by atoms with E-state index in [0.29, 0.717) is 31.2 Å². The Hall–Kier alpha value is -2.21. The molecule has 1 atom stereocenters. The summed E-state index contributed by atoms with van der Waals surface area (Å²) < 4.78 is 0. The van der Waals surface area contributed by atoms with Crippen LogP contribution in [0.2, 0.25) is 0 Å². The molecule has 33 heavy (non-hydrogen) atoms. The van der Waals surface area contributed by atoms with E-state index in [4.69, 9.17) is 0 Å². The second-order valence-corrected chi connectivity index (χ2v) is 10.8. The van der Waals surface area contributed by atoms with Gasteiger partial charge in [-0.15, -0.1) is 11.3 Å². The number of carbonyl (C=O) groups excluding carboxylic acids is 2. The van der Waals surface area contributed by atoms with Crippen LogP contribution in [-0.4, -0.2) is 35.3 Å². The Labute approximate surface area is 205 Å². The van der Waals surface area contributed by atoms with Crippen LogP contribution in [0, 0.1) is 18.3 Å². The number of hydrogen-bond acceptors (Lipinski definition) is 4. The molecule has 1 aliphatic rings. The molecule has 0 unspecified atom stereocenters. The molecule has 2 heterocycles. The summed E-state index contributed by atoms with van der Waals surface area (Å²) in [5.41, 5.74) is 5.31. The number of thiazole rings is 1. The van der Waals surface area contributed by atoms with Gasteiger partial charge in [-0.25, -0.2) is 4.98 Å². The maximum absolute atomic E-state index is 11.7. The van der Waals surface area contributed by atoms with Crippen LogP contribution in [0.25, 0.3) is 10.4 Å². The summed E-state index contributed by atoms with van der Waals surface area (Å²) in [5, 5.41) is 2.64. The van der Waals surface area contributed by atoms with E-state index in [2.05, 4.69) is 64.0 Å². The number of likely N-dealkylation sites (tertiary alicyclic amines) is 1. The summed E-state index contributed by atoms with van der Waals surface area (Å²) in [6, 6.07) is 8.15. The summed E-state index contributed by atoms with van der Waals surface area (Å²) in [6.45, 7) is 17.4. The third kappa shape index (κ3) is 11.5. The highest BCUT2D eigenvalue weighted by Gasteiger charge is 2.26. The lowest BCUT2D eigenvalue weighted by molar-refractivity contribution is -0.132. The molecular weight excluding hydrogens is 430 g/mol. The Bertz CT molecular complexity index is 823. The second-order valence-electron chi connectivity index (χ2n) is 9.93. The topological polar surface area (TPSA) is 62.3 Å². The molecular formula is C27H43N3O2S. The van der Waals surface area contributed by atoms with Crippen LogP contribution in [-0.2, 0) is 16.1 Å². The van der Waals surface area contributed by atoms with Gasteiger partial charge in [-0.1, -0.05) is 78.6 Å². The fourth-order valence-electron chi connectivity index (χ4n) is 3.24. The van der Waals surface area contributed by atoms with Crippen LogP contribution in [0.1, 0.15) is 78.5 Å². The molecule has 0 spiro atoms. The van der Waals surface area contributed by atoms with Crippen LogP contribution >= 0.6 is 11.3 Å². The van der Waals surface area contributed by atoms with Crippen LogP contribution in [0.15, 0.2) is 29.8 Å². The second kappa shape index (κ2) is 14.8. The number of hydrogen-bond donors (Lipinski definition) is 1. The summed E-state index contributed by atoms with van der Waals surface area (Å²) in [4.78, 5) is 29.3. The minimum Gasteiger partial charge on any atom is -0.355 e. The van der Waals surface area contributed by atoms with E-state index in [9.17, 15) is 9.59 Å². The van der Waals surface area contributed by atoms with Gasteiger partial charge in [-0.3, -0.25) is 9.59 Å². The van der Waals surface area contributed by atoms with Crippen molar-refractivity contribution in [1.82, 2.24) is 15.2 Å². The molecule has 1 aromatic heterocycles. The van der Waals surface area contributed by atoms with Gasteiger partial charge in [0.15, 0.2) is 0 Å². The molecule has 0 aliphatic carbocycles. The zero-order valence-corrected chi connectivity index (χ0v) is 22.4. The first-order valence-corrected chi connectivity index (χ1v) is 12.9. The average Bonchev–Trinajstić information content (AvgIpc) is 3.40. The average molecular weight is 474 g/mol. The van der Waals surface area contributed by atoms with Crippen LogP contribution < -0.4 is 5.32 Å². The largest absolute Gasteiger partial charge is 0.355 e. The van der Waals surface area contributed by atoms with Gasteiger partial charge >= 0.3 is 0 Å². The number of aryl methyl sites for hydroxylation is 1. The third-order valence-corrected chi connectivity index (χ3v) is 6.29. The summed E-state index contributed by atoms with van der Waals surface area (Å²) >= 11 is 1.64. The molecule has 0 radical (unpaired) electrons. The Morgan fingerprint density at radius 2 is 1.85 bits per heavy atom. The number of nitrogens with zero attached hydrogens (tertiary/aromatic N) is 2. The molecule has 5 nitrogen and oxygen atoms in total. The number of amides is 2. The van der Waals surface area contributed by atoms with Gasteiger partial charge in [0, 0.05) is 26.1 Å². The lowest BCUT2D eigenvalue weighted by Crippen LogP contribution is -2.31. The van der Waals surface area contributed by atoms with Crippen molar-refractivity contribution in [1.29, 1.82) is 0 Å². The van der Waals surface area contributed by atoms with Crippen LogP contribution in [0.5, 0.6) is 0 Å². The highest BCUT2D eigenvalue weighted by Crippen LogP contribution is 2.27. The quantitative estimate of drug-likeness (QED) is 0.490. The van der Waals surface area contributed by atoms with E-state index >= 15 is 0 Å². The molecule has 6 heteroatoms. The fourth-order valence-corrected chi connectivity index (χ4v) is 4.05. The van der Waals surface area contributed by atoms with Gasteiger partial charge in [0.1, 0.15) is 0 Å². The summed E-state index contributed by atoms with van der Waals surface area (Å²) in [6.07, 6.45) is 5.21. The van der Waals surface area contributed by atoms with Gasteiger partial charge < -0.3 is 10.2 Å². The molecule has 2 aromatic rings.